The van der Waals surface area contributed by atoms with E-state index >= 15 is 0 Å². The Bertz CT molecular complexity index is 731. The van der Waals surface area contributed by atoms with Gasteiger partial charge in [0.2, 0.25) is 5.91 Å². The summed E-state index contributed by atoms with van der Waals surface area (Å²) in [4.78, 5) is 26.5. The summed E-state index contributed by atoms with van der Waals surface area (Å²) in [6, 6.07) is 6.77. The Morgan fingerprint density at radius 3 is 2.78 bits per heavy atom. The second-order valence-electron chi connectivity index (χ2n) is 5.63. The van der Waals surface area contributed by atoms with E-state index in [0.717, 1.165) is 28.5 Å². The number of aromatic amines is 1. The molecule has 1 atom stereocenters. The van der Waals surface area contributed by atoms with Gasteiger partial charge in [-0.15, -0.1) is 0 Å². The number of carboxylic acids is 1. The molecule has 3 N–H and O–H groups in total. The highest BCUT2D eigenvalue weighted by Crippen LogP contribution is 2.19. The Balaban J connectivity index is 2.07. The van der Waals surface area contributed by atoms with Crippen LogP contribution in [0.2, 0.25) is 0 Å². The molecular formula is C18H22N2O3. The van der Waals surface area contributed by atoms with Gasteiger partial charge >= 0.3 is 5.97 Å². The van der Waals surface area contributed by atoms with Gasteiger partial charge in [-0.05, 0) is 25.0 Å². The average Bonchev–Trinajstić information content (AvgIpc) is 2.95. The molecule has 0 saturated carbocycles. The van der Waals surface area contributed by atoms with E-state index in [-0.39, 0.29) is 18.7 Å². The van der Waals surface area contributed by atoms with Crippen molar-refractivity contribution in [1.82, 2.24) is 10.3 Å². The SMILES string of the molecule is CCC(C)=CCC(=O)N[C@@H](Cc1c[nH]c2ccccc12)C(=O)O. The molecule has 0 spiro atoms. The van der Waals surface area contributed by atoms with E-state index in [1.165, 1.54) is 0 Å². The van der Waals surface area contributed by atoms with Gasteiger partial charge in [0.1, 0.15) is 6.04 Å². The summed E-state index contributed by atoms with van der Waals surface area (Å²) < 4.78 is 0. The lowest BCUT2D eigenvalue weighted by Crippen LogP contribution is -2.42. The summed E-state index contributed by atoms with van der Waals surface area (Å²) in [5, 5.41) is 13.0. The molecule has 0 aliphatic rings. The Labute approximate surface area is 135 Å². The summed E-state index contributed by atoms with van der Waals surface area (Å²) in [5.74, 6) is -1.30. The van der Waals surface area contributed by atoms with Crippen LogP contribution in [-0.4, -0.2) is 28.0 Å². The van der Waals surface area contributed by atoms with E-state index in [1.54, 1.807) is 6.20 Å². The Kier molecular flexibility index (Phi) is 5.57. The summed E-state index contributed by atoms with van der Waals surface area (Å²) in [6.07, 6.45) is 4.97. The topological polar surface area (TPSA) is 82.2 Å². The van der Waals surface area contributed by atoms with Gasteiger partial charge in [-0.25, -0.2) is 4.79 Å². The van der Waals surface area contributed by atoms with Crippen molar-refractivity contribution >= 4 is 22.8 Å². The normalized spacial score (nSPS) is 13.0. The fraction of sp³-hybridized carbons (Fsp3) is 0.333. The van der Waals surface area contributed by atoms with Crippen molar-refractivity contribution in [1.29, 1.82) is 0 Å². The van der Waals surface area contributed by atoms with E-state index in [1.807, 2.05) is 44.2 Å². The van der Waals surface area contributed by atoms with Gasteiger partial charge < -0.3 is 15.4 Å². The smallest absolute Gasteiger partial charge is 0.326 e. The van der Waals surface area contributed by atoms with Gasteiger partial charge in [-0.2, -0.15) is 0 Å². The number of carbonyl (C=O) groups is 2. The van der Waals surface area contributed by atoms with Gasteiger partial charge in [-0.3, -0.25) is 4.79 Å². The lowest BCUT2D eigenvalue weighted by Gasteiger charge is -2.13. The monoisotopic (exact) mass is 314 g/mol. The van der Waals surface area contributed by atoms with E-state index in [2.05, 4.69) is 10.3 Å². The van der Waals surface area contributed by atoms with Crippen LogP contribution in [0, 0.1) is 0 Å². The summed E-state index contributed by atoms with van der Waals surface area (Å²) in [7, 11) is 0. The van der Waals surface area contributed by atoms with Gasteiger partial charge in [0.25, 0.3) is 0 Å². The van der Waals surface area contributed by atoms with E-state index in [0.29, 0.717) is 0 Å². The molecule has 0 fully saturated rings. The zero-order chi connectivity index (χ0) is 16.8. The molecule has 0 unspecified atom stereocenters. The van der Waals surface area contributed by atoms with Crippen molar-refractivity contribution in [2.45, 2.75) is 39.2 Å². The molecule has 0 bridgehead atoms. The molecule has 0 radical (unpaired) electrons. The van der Waals surface area contributed by atoms with Crippen molar-refractivity contribution < 1.29 is 14.7 Å². The number of hydrogen-bond donors (Lipinski definition) is 3. The van der Waals surface area contributed by atoms with Crippen molar-refractivity contribution in [3.63, 3.8) is 0 Å². The Morgan fingerprint density at radius 2 is 2.09 bits per heavy atom. The third kappa shape index (κ3) is 4.45. The van der Waals surface area contributed by atoms with Crippen molar-refractivity contribution in [2.24, 2.45) is 0 Å². The van der Waals surface area contributed by atoms with Crippen LogP contribution < -0.4 is 5.32 Å². The number of hydrogen-bond acceptors (Lipinski definition) is 2. The third-order valence-corrected chi connectivity index (χ3v) is 3.93. The predicted octanol–water partition coefficient (Wildman–Crippen LogP) is 3.03. The zero-order valence-corrected chi connectivity index (χ0v) is 13.4. The lowest BCUT2D eigenvalue weighted by atomic mass is 10.0. The minimum atomic E-state index is -1.03. The first-order valence-electron chi connectivity index (χ1n) is 7.74. The minimum Gasteiger partial charge on any atom is -0.480 e. The molecule has 5 heteroatoms. The molecule has 2 aromatic rings. The second-order valence-corrected chi connectivity index (χ2v) is 5.63. The molecule has 2 rings (SSSR count). The largest absolute Gasteiger partial charge is 0.480 e. The number of aliphatic carboxylic acids is 1. The molecule has 1 amide bonds. The predicted molar refractivity (Wildman–Crippen MR) is 90.2 cm³/mol. The van der Waals surface area contributed by atoms with Crippen LogP contribution in [0.1, 0.15) is 32.3 Å². The van der Waals surface area contributed by atoms with Gasteiger partial charge in [0.15, 0.2) is 0 Å². The maximum absolute atomic E-state index is 11.9. The number of fused-ring (bicyclic) bond motifs is 1. The molecule has 23 heavy (non-hydrogen) atoms. The van der Waals surface area contributed by atoms with Crippen molar-refractivity contribution in [2.75, 3.05) is 0 Å². The van der Waals surface area contributed by atoms with Crippen LogP contribution in [-0.2, 0) is 16.0 Å². The maximum Gasteiger partial charge on any atom is 0.326 e. The molecule has 0 aliphatic carbocycles. The second kappa shape index (κ2) is 7.63. The summed E-state index contributed by atoms with van der Waals surface area (Å²) in [6.45, 7) is 3.97. The first-order valence-corrected chi connectivity index (χ1v) is 7.74. The van der Waals surface area contributed by atoms with Crippen LogP contribution in [0.5, 0.6) is 0 Å². The highest BCUT2D eigenvalue weighted by molar-refractivity contribution is 5.87. The zero-order valence-electron chi connectivity index (χ0n) is 13.4. The summed E-state index contributed by atoms with van der Waals surface area (Å²) >= 11 is 0. The van der Waals surface area contributed by atoms with Crippen molar-refractivity contribution in [3.8, 4) is 0 Å². The quantitative estimate of drug-likeness (QED) is 0.687. The molecule has 5 nitrogen and oxygen atoms in total. The Hall–Kier alpha value is -2.56. The van der Waals surface area contributed by atoms with Gasteiger partial charge in [0, 0.05) is 29.9 Å². The van der Waals surface area contributed by atoms with E-state index < -0.39 is 12.0 Å². The molecular weight excluding hydrogens is 292 g/mol. The number of rotatable bonds is 7. The number of aromatic nitrogens is 1. The minimum absolute atomic E-state index is 0.206. The first-order chi connectivity index (χ1) is 11.0. The average molecular weight is 314 g/mol. The lowest BCUT2D eigenvalue weighted by molar-refractivity contribution is -0.141. The summed E-state index contributed by atoms with van der Waals surface area (Å²) in [5.41, 5.74) is 2.96. The fourth-order valence-electron chi connectivity index (χ4n) is 2.39. The number of para-hydroxylation sites is 1. The standard InChI is InChI=1S/C18H22N2O3/c1-3-12(2)8-9-17(21)20-16(18(22)23)10-13-11-19-15-7-5-4-6-14(13)15/h4-8,11,16,19H,3,9-10H2,1-2H3,(H,20,21)(H,22,23)/t16-/m0/s1. The number of H-pyrrole nitrogens is 1. The van der Waals surface area contributed by atoms with E-state index in [9.17, 15) is 14.7 Å². The van der Waals surface area contributed by atoms with Crippen LogP contribution >= 0.6 is 0 Å². The Morgan fingerprint density at radius 1 is 1.35 bits per heavy atom. The fourth-order valence-corrected chi connectivity index (χ4v) is 2.39. The maximum atomic E-state index is 11.9. The molecule has 122 valence electrons. The van der Waals surface area contributed by atoms with Crippen LogP contribution in [0.3, 0.4) is 0 Å². The molecule has 0 aliphatic heterocycles. The number of nitrogens with one attached hydrogen (secondary N) is 2. The van der Waals surface area contributed by atoms with Crippen LogP contribution in [0.4, 0.5) is 0 Å². The van der Waals surface area contributed by atoms with E-state index in [4.69, 9.17) is 0 Å². The number of carbonyl (C=O) groups excluding carboxylic acids is 1. The van der Waals surface area contributed by atoms with Gasteiger partial charge in [0.05, 0.1) is 0 Å². The molecule has 1 heterocycles. The van der Waals surface area contributed by atoms with Crippen LogP contribution in [0.15, 0.2) is 42.1 Å². The molecule has 0 saturated heterocycles. The van der Waals surface area contributed by atoms with Crippen molar-refractivity contribution in [3.05, 3.63) is 47.7 Å². The first kappa shape index (κ1) is 16.8. The highest BCUT2D eigenvalue weighted by Gasteiger charge is 2.21. The third-order valence-electron chi connectivity index (χ3n) is 3.93. The van der Waals surface area contributed by atoms with Gasteiger partial charge in [-0.1, -0.05) is 36.8 Å². The number of carboxylic acid groups (broad SMARTS) is 1. The van der Waals surface area contributed by atoms with Crippen LogP contribution in [0.25, 0.3) is 10.9 Å². The molecule has 1 aromatic carbocycles. The number of amides is 1. The number of benzene rings is 1. The highest BCUT2D eigenvalue weighted by atomic mass is 16.4. The molecule has 1 aromatic heterocycles. The number of allylic oxidation sites excluding steroid dienone is 1.